The van der Waals surface area contributed by atoms with Gasteiger partial charge in [0.05, 0.1) is 15.1 Å². The van der Waals surface area contributed by atoms with Gasteiger partial charge in [0, 0.05) is 11.6 Å². The third-order valence-electron chi connectivity index (χ3n) is 3.03. The smallest absolute Gasteiger partial charge is 0.322 e. The van der Waals surface area contributed by atoms with Crippen molar-refractivity contribution in [1.82, 2.24) is 10.2 Å². The number of benzene rings is 2. The molecule has 128 valence electrons. The van der Waals surface area contributed by atoms with Gasteiger partial charge >= 0.3 is 6.01 Å². The SMILES string of the molecule is O=C(COc1cc(Cl)c(Cl)cc1Cl)Nc1nnc(-c2ccccc2)o1. The molecular weight excluding hydrogens is 389 g/mol. The van der Waals surface area contributed by atoms with Crippen molar-refractivity contribution in [1.29, 1.82) is 0 Å². The number of halogens is 3. The maximum Gasteiger partial charge on any atom is 0.322 e. The molecule has 0 aliphatic heterocycles. The predicted octanol–water partition coefficient (Wildman–Crippen LogP) is 4.71. The van der Waals surface area contributed by atoms with Crippen LogP contribution in [0.1, 0.15) is 0 Å². The van der Waals surface area contributed by atoms with E-state index in [4.69, 9.17) is 44.0 Å². The van der Waals surface area contributed by atoms with Crippen molar-refractivity contribution in [2.45, 2.75) is 0 Å². The van der Waals surface area contributed by atoms with Crippen LogP contribution in [0.2, 0.25) is 15.1 Å². The lowest BCUT2D eigenvalue weighted by atomic mass is 10.2. The number of anilines is 1. The van der Waals surface area contributed by atoms with Crippen LogP contribution in [0.5, 0.6) is 5.75 Å². The van der Waals surface area contributed by atoms with Crippen LogP contribution < -0.4 is 10.1 Å². The monoisotopic (exact) mass is 397 g/mol. The zero-order valence-electron chi connectivity index (χ0n) is 12.5. The molecule has 9 heteroatoms. The lowest BCUT2D eigenvalue weighted by molar-refractivity contribution is -0.118. The molecule has 2 aromatic carbocycles. The average Bonchev–Trinajstić information content (AvgIpc) is 3.06. The summed E-state index contributed by atoms with van der Waals surface area (Å²) in [7, 11) is 0. The highest BCUT2D eigenvalue weighted by molar-refractivity contribution is 6.43. The molecule has 0 aliphatic carbocycles. The summed E-state index contributed by atoms with van der Waals surface area (Å²) in [4.78, 5) is 11.9. The van der Waals surface area contributed by atoms with Gasteiger partial charge in [0.1, 0.15) is 5.75 Å². The molecule has 0 radical (unpaired) electrons. The second-order valence-corrected chi connectivity index (χ2v) is 6.03. The highest BCUT2D eigenvalue weighted by Crippen LogP contribution is 2.33. The largest absolute Gasteiger partial charge is 0.482 e. The van der Waals surface area contributed by atoms with Crippen LogP contribution in [0.3, 0.4) is 0 Å². The zero-order chi connectivity index (χ0) is 17.8. The van der Waals surface area contributed by atoms with E-state index in [-0.39, 0.29) is 28.4 Å². The third-order valence-corrected chi connectivity index (χ3v) is 4.04. The number of carbonyl (C=O) groups is 1. The number of aromatic nitrogens is 2. The molecule has 6 nitrogen and oxygen atoms in total. The number of nitrogens with zero attached hydrogens (tertiary/aromatic N) is 2. The van der Waals surface area contributed by atoms with Crippen molar-refractivity contribution in [2.24, 2.45) is 0 Å². The first kappa shape index (κ1) is 17.5. The Balaban J connectivity index is 1.60. The third kappa shape index (κ3) is 4.42. The Morgan fingerprint density at radius 3 is 2.52 bits per heavy atom. The summed E-state index contributed by atoms with van der Waals surface area (Å²) < 4.78 is 10.7. The van der Waals surface area contributed by atoms with Crippen molar-refractivity contribution in [3.63, 3.8) is 0 Å². The number of rotatable bonds is 5. The lowest BCUT2D eigenvalue weighted by Crippen LogP contribution is -2.20. The van der Waals surface area contributed by atoms with Crippen LogP contribution >= 0.6 is 34.8 Å². The molecule has 0 saturated carbocycles. The van der Waals surface area contributed by atoms with E-state index in [9.17, 15) is 4.79 Å². The Labute approximate surface area is 157 Å². The Kier molecular flexibility index (Phi) is 5.43. The molecule has 1 N–H and O–H groups in total. The maximum atomic E-state index is 11.9. The summed E-state index contributed by atoms with van der Waals surface area (Å²) in [6.45, 7) is -0.319. The molecule has 25 heavy (non-hydrogen) atoms. The van der Waals surface area contributed by atoms with E-state index in [0.717, 1.165) is 5.56 Å². The summed E-state index contributed by atoms with van der Waals surface area (Å²) in [5.74, 6) is 0.0384. The van der Waals surface area contributed by atoms with Gasteiger partial charge in [-0.2, -0.15) is 0 Å². The molecule has 3 rings (SSSR count). The van der Waals surface area contributed by atoms with E-state index >= 15 is 0 Å². The number of carbonyl (C=O) groups excluding carboxylic acids is 1. The predicted molar refractivity (Wildman–Crippen MR) is 95.3 cm³/mol. The molecule has 1 amide bonds. The van der Waals surface area contributed by atoms with Crippen LogP contribution in [0.25, 0.3) is 11.5 Å². The zero-order valence-corrected chi connectivity index (χ0v) is 14.8. The van der Waals surface area contributed by atoms with Gasteiger partial charge in [-0.05, 0) is 18.2 Å². The van der Waals surface area contributed by atoms with E-state index in [2.05, 4.69) is 15.5 Å². The summed E-state index contributed by atoms with van der Waals surface area (Å²) in [6, 6.07) is 12.0. The summed E-state index contributed by atoms with van der Waals surface area (Å²) in [6.07, 6.45) is 0. The van der Waals surface area contributed by atoms with Crippen LogP contribution in [-0.4, -0.2) is 22.7 Å². The van der Waals surface area contributed by atoms with Crippen molar-refractivity contribution in [2.75, 3.05) is 11.9 Å². The summed E-state index contributed by atoms with van der Waals surface area (Å²) in [5, 5.41) is 10.9. The van der Waals surface area contributed by atoms with Crippen LogP contribution in [-0.2, 0) is 4.79 Å². The minimum absolute atomic E-state index is 0.0345. The van der Waals surface area contributed by atoms with E-state index in [1.807, 2.05) is 30.3 Å². The van der Waals surface area contributed by atoms with Gasteiger partial charge in [-0.3, -0.25) is 10.1 Å². The Bertz CT molecular complexity index is 900. The number of nitrogens with one attached hydrogen (secondary N) is 1. The standard InChI is InChI=1S/C16H10Cl3N3O3/c17-10-6-12(19)13(7-11(10)18)24-8-14(23)20-16-22-21-15(25-16)9-4-2-1-3-5-9/h1-7H,8H2,(H,20,22,23). The first-order valence-electron chi connectivity index (χ1n) is 6.99. The van der Waals surface area contributed by atoms with Crippen LogP contribution in [0, 0.1) is 0 Å². The van der Waals surface area contributed by atoms with Gasteiger partial charge in [-0.15, -0.1) is 5.10 Å². The van der Waals surface area contributed by atoms with Crippen molar-refractivity contribution in [3.05, 3.63) is 57.5 Å². The quantitative estimate of drug-likeness (QED) is 0.630. The molecule has 0 aliphatic rings. The molecular formula is C16H10Cl3N3O3. The Morgan fingerprint density at radius 1 is 1.04 bits per heavy atom. The van der Waals surface area contributed by atoms with Crippen molar-refractivity contribution < 1.29 is 13.9 Å². The molecule has 0 fully saturated rings. The molecule has 0 spiro atoms. The molecule has 1 heterocycles. The minimum atomic E-state index is -0.495. The fourth-order valence-electron chi connectivity index (χ4n) is 1.88. The van der Waals surface area contributed by atoms with Gasteiger partial charge in [0.15, 0.2) is 6.61 Å². The van der Waals surface area contributed by atoms with Gasteiger partial charge in [0.2, 0.25) is 5.89 Å². The fourth-order valence-corrected chi connectivity index (χ4v) is 2.48. The second-order valence-electron chi connectivity index (χ2n) is 4.81. The molecule has 0 bridgehead atoms. The number of hydrogen-bond acceptors (Lipinski definition) is 5. The normalized spacial score (nSPS) is 10.5. The van der Waals surface area contributed by atoms with Crippen LogP contribution in [0.4, 0.5) is 6.01 Å². The number of ether oxygens (including phenoxy) is 1. The molecule has 3 aromatic rings. The number of hydrogen-bond donors (Lipinski definition) is 1. The van der Waals surface area contributed by atoms with E-state index in [0.29, 0.717) is 10.9 Å². The first-order chi connectivity index (χ1) is 12.0. The average molecular weight is 399 g/mol. The lowest BCUT2D eigenvalue weighted by Gasteiger charge is -2.08. The molecule has 1 aromatic heterocycles. The molecule has 0 atom stereocenters. The summed E-state index contributed by atoms with van der Waals surface area (Å²) >= 11 is 17.7. The minimum Gasteiger partial charge on any atom is -0.482 e. The van der Waals surface area contributed by atoms with E-state index < -0.39 is 5.91 Å². The summed E-state index contributed by atoms with van der Waals surface area (Å²) in [5.41, 5.74) is 0.745. The van der Waals surface area contributed by atoms with Crippen LogP contribution in [0.15, 0.2) is 46.9 Å². The number of amides is 1. The van der Waals surface area contributed by atoms with E-state index in [1.165, 1.54) is 12.1 Å². The van der Waals surface area contributed by atoms with E-state index in [1.54, 1.807) is 0 Å². The van der Waals surface area contributed by atoms with Gasteiger partial charge in [-0.25, -0.2) is 0 Å². The van der Waals surface area contributed by atoms with Gasteiger partial charge in [-0.1, -0.05) is 58.1 Å². The Hall–Kier alpha value is -2.28. The Morgan fingerprint density at radius 2 is 1.76 bits per heavy atom. The van der Waals surface area contributed by atoms with Gasteiger partial charge < -0.3 is 9.15 Å². The molecule has 0 saturated heterocycles. The highest BCUT2D eigenvalue weighted by Gasteiger charge is 2.13. The fraction of sp³-hybridized carbons (Fsp3) is 0.0625. The topological polar surface area (TPSA) is 77.2 Å². The maximum absolute atomic E-state index is 11.9. The van der Waals surface area contributed by atoms with Crippen molar-refractivity contribution >= 4 is 46.7 Å². The van der Waals surface area contributed by atoms with Gasteiger partial charge in [0.25, 0.3) is 5.91 Å². The first-order valence-corrected chi connectivity index (χ1v) is 8.12. The second kappa shape index (κ2) is 7.74. The molecule has 0 unspecified atom stereocenters. The highest BCUT2D eigenvalue weighted by atomic mass is 35.5. The van der Waals surface area contributed by atoms with Crippen molar-refractivity contribution in [3.8, 4) is 17.2 Å².